The first-order chi connectivity index (χ1) is 3.68. The number of hydrogen-bond acceptors (Lipinski definition) is 0. The molecule has 0 amide bonds. The number of allylic oxidation sites excluding steroid dienone is 2. The summed E-state index contributed by atoms with van der Waals surface area (Å²) < 4.78 is 0. The first-order valence-corrected chi connectivity index (χ1v) is 3.66. The van der Waals surface area contributed by atoms with Gasteiger partial charge < -0.3 is 0 Å². The summed E-state index contributed by atoms with van der Waals surface area (Å²) in [6.07, 6.45) is 1.55. The average Bonchev–Trinajstić information content (AvgIpc) is 1.67. The molecule has 0 heterocycles. The normalized spacial score (nSPS) is 12.9. The van der Waals surface area contributed by atoms with Gasteiger partial charge in [-0.05, 0) is 0 Å². The first-order valence-electron chi connectivity index (χ1n) is 1.88. The van der Waals surface area contributed by atoms with Gasteiger partial charge in [0.15, 0.2) is 0 Å². The van der Waals surface area contributed by atoms with E-state index >= 15 is 0 Å². The average molecular weight is 194 g/mol. The van der Waals surface area contributed by atoms with Gasteiger partial charge in [0.05, 0.1) is 0 Å². The zero-order valence-corrected chi connectivity index (χ0v) is 6.90. The molecular formula is C4H4Cl4. The van der Waals surface area contributed by atoms with Crippen molar-refractivity contribution in [1.29, 1.82) is 0 Å². The third-order valence-electron chi connectivity index (χ3n) is 0.481. The monoisotopic (exact) mass is 192 g/mol. The van der Waals surface area contributed by atoms with E-state index in [9.17, 15) is 0 Å². The van der Waals surface area contributed by atoms with Crippen LogP contribution in [-0.2, 0) is 0 Å². The van der Waals surface area contributed by atoms with Gasteiger partial charge in [0.2, 0.25) is 0 Å². The molecule has 0 aliphatic carbocycles. The van der Waals surface area contributed by atoms with E-state index in [1.54, 1.807) is 6.08 Å². The molecule has 0 nitrogen and oxygen atoms in total. The van der Waals surface area contributed by atoms with Crippen molar-refractivity contribution in [3.05, 3.63) is 11.1 Å². The predicted octanol–water partition coefficient (Wildman–Crippen LogP) is 3.15. The smallest absolute Gasteiger partial charge is 0.122 e. The Kier molecular flexibility index (Phi) is 5.28. The highest BCUT2D eigenvalue weighted by molar-refractivity contribution is 6.52. The molecule has 0 radical (unpaired) electrons. The highest BCUT2D eigenvalue weighted by Crippen LogP contribution is 2.17. The number of halogens is 4. The Balaban J connectivity index is 3.61. The van der Waals surface area contributed by atoms with E-state index in [0.29, 0.717) is 10.9 Å². The topological polar surface area (TPSA) is 0 Å². The quantitative estimate of drug-likeness (QED) is 0.592. The minimum Gasteiger partial charge on any atom is -0.122 e. The van der Waals surface area contributed by atoms with E-state index in [4.69, 9.17) is 46.4 Å². The van der Waals surface area contributed by atoms with E-state index < -0.39 is 4.84 Å². The molecule has 0 spiro atoms. The highest BCUT2D eigenvalue weighted by atomic mass is 35.5. The van der Waals surface area contributed by atoms with Gasteiger partial charge in [-0.3, -0.25) is 0 Å². The lowest BCUT2D eigenvalue weighted by Gasteiger charge is -1.93. The molecule has 48 valence electrons. The molecular weight excluding hydrogens is 190 g/mol. The van der Waals surface area contributed by atoms with Gasteiger partial charge in [0.1, 0.15) is 4.84 Å². The van der Waals surface area contributed by atoms with Gasteiger partial charge in [-0.15, -0.1) is 11.6 Å². The van der Waals surface area contributed by atoms with Gasteiger partial charge in [0.25, 0.3) is 0 Å². The molecule has 0 saturated carbocycles. The summed E-state index contributed by atoms with van der Waals surface area (Å²) >= 11 is 21.3. The summed E-state index contributed by atoms with van der Waals surface area (Å²) in [6, 6.07) is 0. The van der Waals surface area contributed by atoms with Crippen LogP contribution in [0, 0.1) is 0 Å². The van der Waals surface area contributed by atoms with Crippen molar-refractivity contribution in [1.82, 2.24) is 0 Å². The van der Waals surface area contributed by atoms with Crippen LogP contribution in [0.4, 0.5) is 0 Å². The largest absolute Gasteiger partial charge is 0.142 e. The van der Waals surface area contributed by atoms with Crippen molar-refractivity contribution in [3.63, 3.8) is 0 Å². The van der Waals surface area contributed by atoms with Crippen molar-refractivity contribution in [2.45, 2.75) is 4.84 Å². The minimum atomic E-state index is -0.643. The van der Waals surface area contributed by atoms with Crippen LogP contribution in [0.15, 0.2) is 11.1 Å². The summed E-state index contributed by atoms with van der Waals surface area (Å²) in [5.41, 5.74) is 0. The molecule has 0 unspecified atom stereocenters. The lowest BCUT2D eigenvalue weighted by atomic mass is 10.6. The highest BCUT2D eigenvalue weighted by Gasteiger charge is 2.00. The Morgan fingerprint density at radius 1 is 1.50 bits per heavy atom. The summed E-state index contributed by atoms with van der Waals surface area (Å²) in [5, 5.41) is 0.378. The molecule has 0 aliphatic rings. The van der Waals surface area contributed by atoms with E-state index in [1.165, 1.54) is 0 Å². The van der Waals surface area contributed by atoms with E-state index in [-0.39, 0.29) is 0 Å². The molecule has 0 aromatic rings. The van der Waals surface area contributed by atoms with Crippen LogP contribution < -0.4 is 0 Å². The van der Waals surface area contributed by atoms with Gasteiger partial charge in [0, 0.05) is 10.9 Å². The number of rotatable bonds is 2. The van der Waals surface area contributed by atoms with Gasteiger partial charge in [-0.2, -0.15) is 0 Å². The molecule has 0 aromatic carbocycles. The Labute approximate surface area is 68.4 Å². The van der Waals surface area contributed by atoms with Crippen LogP contribution in [0.2, 0.25) is 0 Å². The summed E-state index contributed by atoms with van der Waals surface area (Å²) in [4.78, 5) is -0.643. The van der Waals surface area contributed by atoms with E-state index in [1.807, 2.05) is 0 Å². The summed E-state index contributed by atoms with van der Waals surface area (Å²) in [6.45, 7) is 0. The summed E-state index contributed by atoms with van der Waals surface area (Å²) in [5.74, 6) is 0.342. The van der Waals surface area contributed by atoms with Crippen LogP contribution in [-0.4, -0.2) is 10.7 Å². The Hall–Kier alpha value is 0.900. The van der Waals surface area contributed by atoms with Crippen molar-refractivity contribution in [2.24, 2.45) is 0 Å². The summed E-state index contributed by atoms with van der Waals surface area (Å²) in [7, 11) is 0. The second-order valence-corrected chi connectivity index (χ2v) is 2.89. The van der Waals surface area contributed by atoms with Crippen LogP contribution >= 0.6 is 46.4 Å². The molecule has 0 saturated heterocycles. The molecule has 0 bridgehead atoms. The molecule has 0 fully saturated rings. The lowest BCUT2D eigenvalue weighted by molar-refractivity contribution is 1.50. The number of hydrogen-bond donors (Lipinski definition) is 0. The third-order valence-corrected chi connectivity index (χ3v) is 1.70. The number of alkyl halides is 3. The fraction of sp³-hybridized carbons (Fsp3) is 0.500. The van der Waals surface area contributed by atoms with Crippen LogP contribution in [0.25, 0.3) is 0 Å². The van der Waals surface area contributed by atoms with Crippen LogP contribution in [0.5, 0.6) is 0 Å². The zero-order valence-electron chi connectivity index (χ0n) is 3.87. The maximum atomic E-state index is 5.43. The Bertz CT molecular complexity index is 86.0. The Morgan fingerprint density at radius 3 is 2.12 bits per heavy atom. The first kappa shape index (κ1) is 8.90. The van der Waals surface area contributed by atoms with Crippen molar-refractivity contribution in [2.75, 3.05) is 5.88 Å². The second kappa shape index (κ2) is 4.75. The molecule has 0 N–H and O–H groups in total. The molecule has 0 rings (SSSR count). The van der Waals surface area contributed by atoms with Gasteiger partial charge >= 0.3 is 0 Å². The van der Waals surface area contributed by atoms with E-state index in [2.05, 4.69) is 0 Å². The van der Waals surface area contributed by atoms with E-state index in [0.717, 1.165) is 0 Å². The van der Waals surface area contributed by atoms with Crippen LogP contribution in [0.3, 0.4) is 0 Å². The molecule has 0 atom stereocenters. The lowest BCUT2D eigenvalue weighted by Crippen LogP contribution is -1.84. The Morgan fingerprint density at radius 2 is 2.00 bits per heavy atom. The van der Waals surface area contributed by atoms with Crippen LogP contribution in [0.1, 0.15) is 0 Å². The third kappa shape index (κ3) is 3.85. The molecule has 8 heavy (non-hydrogen) atoms. The van der Waals surface area contributed by atoms with Gasteiger partial charge in [-0.1, -0.05) is 40.9 Å². The maximum absolute atomic E-state index is 5.43. The fourth-order valence-electron chi connectivity index (χ4n) is 0.163. The van der Waals surface area contributed by atoms with Crippen molar-refractivity contribution < 1.29 is 0 Å². The minimum absolute atomic E-state index is 0.342. The van der Waals surface area contributed by atoms with Gasteiger partial charge in [-0.25, -0.2) is 0 Å². The predicted molar refractivity (Wildman–Crippen MR) is 40.2 cm³/mol. The molecule has 4 heteroatoms. The molecule has 0 aromatic heterocycles. The van der Waals surface area contributed by atoms with Crippen molar-refractivity contribution in [3.8, 4) is 0 Å². The SMILES string of the molecule is ClC/C=C(\Cl)C(Cl)Cl. The fourth-order valence-corrected chi connectivity index (χ4v) is 0.663. The standard InChI is InChI=1S/C4H4Cl4/c5-2-1-3(6)4(7)8/h1,4H,2H2/b3-1-. The van der Waals surface area contributed by atoms with Crippen molar-refractivity contribution >= 4 is 46.4 Å². The maximum Gasteiger partial charge on any atom is 0.142 e. The second-order valence-electron chi connectivity index (χ2n) is 1.04. The zero-order chi connectivity index (χ0) is 6.57. The molecule has 0 aliphatic heterocycles.